The molecule has 2 rings (SSSR count). The number of hydrogen-bond acceptors (Lipinski definition) is 4. The zero-order valence-corrected chi connectivity index (χ0v) is 10.7. The van der Waals surface area contributed by atoms with Crippen molar-refractivity contribution >= 4 is 5.69 Å². The molecule has 0 aromatic carbocycles. The highest BCUT2D eigenvalue weighted by atomic mass is 16.1. The topological polar surface area (TPSA) is 82.9 Å². The van der Waals surface area contributed by atoms with Gasteiger partial charge >= 0.3 is 0 Å². The molecule has 0 radical (unpaired) electrons. The van der Waals surface area contributed by atoms with Gasteiger partial charge in [-0.05, 0) is 25.5 Å². The van der Waals surface area contributed by atoms with Gasteiger partial charge in [0.05, 0.1) is 5.69 Å². The molecule has 2 aromatic heterocycles. The third-order valence-electron chi connectivity index (χ3n) is 2.78. The number of rotatable bonds is 4. The van der Waals surface area contributed by atoms with Crippen molar-refractivity contribution < 1.29 is 0 Å². The van der Waals surface area contributed by atoms with Crippen molar-refractivity contribution in [3.05, 3.63) is 56.9 Å². The van der Waals surface area contributed by atoms with Gasteiger partial charge in [-0.15, -0.1) is 0 Å². The summed E-state index contributed by atoms with van der Waals surface area (Å²) >= 11 is 0. The molecule has 0 saturated carbocycles. The summed E-state index contributed by atoms with van der Waals surface area (Å²) in [6, 6.07) is 6.19. The van der Waals surface area contributed by atoms with Crippen molar-refractivity contribution in [3.63, 3.8) is 0 Å². The molecule has 6 nitrogen and oxygen atoms in total. The van der Waals surface area contributed by atoms with Crippen molar-refractivity contribution in [2.45, 2.75) is 26.4 Å². The molecule has 2 aromatic rings. The molecule has 0 aliphatic carbocycles. The van der Waals surface area contributed by atoms with Gasteiger partial charge in [-0.3, -0.25) is 9.59 Å². The van der Waals surface area contributed by atoms with E-state index in [-0.39, 0.29) is 11.1 Å². The molecule has 19 heavy (non-hydrogen) atoms. The summed E-state index contributed by atoms with van der Waals surface area (Å²) in [6.45, 7) is 2.81. The molecule has 2 N–H and O–H groups in total. The first kappa shape index (κ1) is 13.1. The van der Waals surface area contributed by atoms with Crippen LogP contribution in [0.25, 0.3) is 0 Å². The molecule has 0 spiro atoms. The van der Waals surface area contributed by atoms with Crippen LogP contribution in [0.4, 0.5) is 5.69 Å². The van der Waals surface area contributed by atoms with E-state index >= 15 is 0 Å². The van der Waals surface area contributed by atoms with Gasteiger partial charge in [0, 0.05) is 37.1 Å². The Morgan fingerprint density at radius 1 is 1.11 bits per heavy atom. The van der Waals surface area contributed by atoms with Crippen LogP contribution in [0.2, 0.25) is 0 Å². The Bertz CT molecular complexity index is 628. The molecule has 6 heteroatoms. The molecule has 0 bridgehead atoms. The van der Waals surface area contributed by atoms with Crippen LogP contribution < -0.4 is 16.9 Å². The fourth-order valence-corrected chi connectivity index (χ4v) is 1.83. The number of nitrogens with zero attached hydrogens (tertiary/aromatic N) is 3. The van der Waals surface area contributed by atoms with Crippen LogP contribution in [-0.2, 0) is 13.1 Å². The van der Waals surface area contributed by atoms with Gasteiger partial charge in [0.25, 0.3) is 11.1 Å². The first-order valence-electron chi connectivity index (χ1n) is 6.07. The molecular formula is C13H16N4O2. The molecule has 100 valence electrons. The zero-order valence-electron chi connectivity index (χ0n) is 10.7. The summed E-state index contributed by atoms with van der Waals surface area (Å²) in [6.07, 6.45) is 2.24. The maximum Gasteiger partial charge on any atom is 0.266 e. The Balaban J connectivity index is 2.04. The molecule has 2 heterocycles. The zero-order chi connectivity index (χ0) is 13.8. The number of anilines is 1. The van der Waals surface area contributed by atoms with E-state index in [1.807, 2.05) is 6.92 Å². The minimum Gasteiger partial charge on any atom is -0.398 e. The van der Waals surface area contributed by atoms with Gasteiger partial charge in [-0.2, -0.15) is 5.10 Å². The van der Waals surface area contributed by atoms with E-state index in [1.165, 1.54) is 21.4 Å². The second-order valence-corrected chi connectivity index (χ2v) is 4.38. The minimum absolute atomic E-state index is 0.0984. The Kier molecular flexibility index (Phi) is 3.79. The average Bonchev–Trinajstić information content (AvgIpc) is 2.38. The van der Waals surface area contributed by atoms with Gasteiger partial charge < -0.3 is 10.3 Å². The van der Waals surface area contributed by atoms with Gasteiger partial charge in [0.15, 0.2) is 0 Å². The monoisotopic (exact) mass is 260 g/mol. The highest BCUT2D eigenvalue weighted by Gasteiger charge is 2.00. The van der Waals surface area contributed by atoms with Crippen LogP contribution in [0.3, 0.4) is 0 Å². The molecule has 0 atom stereocenters. The quantitative estimate of drug-likeness (QED) is 0.861. The lowest BCUT2D eigenvalue weighted by Gasteiger charge is -2.07. The van der Waals surface area contributed by atoms with E-state index in [4.69, 9.17) is 5.73 Å². The molecule has 0 aliphatic rings. The van der Waals surface area contributed by atoms with E-state index in [0.29, 0.717) is 25.2 Å². The first-order valence-corrected chi connectivity index (χ1v) is 6.07. The Morgan fingerprint density at radius 3 is 2.63 bits per heavy atom. The lowest BCUT2D eigenvalue weighted by atomic mass is 10.3. The van der Waals surface area contributed by atoms with Gasteiger partial charge in [0.1, 0.15) is 0 Å². The fraction of sp³-hybridized carbons (Fsp3) is 0.308. The minimum atomic E-state index is -0.134. The first-order chi connectivity index (χ1) is 9.06. The Morgan fingerprint density at radius 2 is 1.84 bits per heavy atom. The summed E-state index contributed by atoms with van der Waals surface area (Å²) in [7, 11) is 0. The highest BCUT2D eigenvalue weighted by molar-refractivity contribution is 5.33. The van der Waals surface area contributed by atoms with Crippen molar-refractivity contribution in [1.29, 1.82) is 0 Å². The number of hydrogen-bond donors (Lipinski definition) is 1. The molecule has 0 unspecified atom stereocenters. The normalized spacial score (nSPS) is 10.6. The van der Waals surface area contributed by atoms with Crippen LogP contribution in [0.15, 0.2) is 40.1 Å². The van der Waals surface area contributed by atoms with E-state index in [2.05, 4.69) is 5.10 Å². The Labute approximate surface area is 110 Å². The fourth-order valence-electron chi connectivity index (χ4n) is 1.83. The number of nitrogen functional groups attached to an aromatic ring is 1. The summed E-state index contributed by atoms with van der Waals surface area (Å²) in [4.78, 5) is 23.1. The second kappa shape index (κ2) is 5.51. The van der Waals surface area contributed by atoms with Crippen LogP contribution in [0, 0.1) is 6.92 Å². The molecule has 0 amide bonds. The predicted octanol–water partition coefficient (Wildman–Crippen LogP) is 0.386. The van der Waals surface area contributed by atoms with Gasteiger partial charge in [-0.1, -0.05) is 0 Å². The van der Waals surface area contributed by atoms with Crippen molar-refractivity contribution in [2.24, 2.45) is 0 Å². The number of nitrogens with two attached hydrogens (primary N) is 1. The van der Waals surface area contributed by atoms with Gasteiger partial charge in [0.2, 0.25) is 0 Å². The molecular weight excluding hydrogens is 244 g/mol. The second-order valence-electron chi connectivity index (χ2n) is 4.38. The molecule has 0 saturated heterocycles. The maximum atomic E-state index is 11.6. The van der Waals surface area contributed by atoms with E-state index in [9.17, 15) is 9.59 Å². The van der Waals surface area contributed by atoms with Crippen molar-refractivity contribution in [1.82, 2.24) is 14.3 Å². The maximum absolute atomic E-state index is 11.6. The van der Waals surface area contributed by atoms with Gasteiger partial charge in [-0.25, -0.2) is 4.68 Å². The average molecular weight is 260 g/mol. The smallest absolute Gasteiger partial charge is 0.266 e. The van der Waals surface area contributed by atoms with Crippen LogP contribution in [0.1, 0.15) is 12.1 Å². The summed E-state index contributed by atoms with van der Waals surface area (Å²) in [5.74, 6) is 0. The standard InChI is InChI=1S/C13H16N4O2/c1-10-3-5-13(19)17(15-10)8-2-7-16-9-11(14)4-6-12(16)18/h3-6,9H,2,7-8,14H2,1H3. The number of aryl methyl sites for hydroxylation is 3. The molecule has 0 fully saturated rings. The van der Waals surface area contributed by atoms with Crippen LogP contribution >= 0.6 is 0 Å². The number of pyridine rings is 1. The van der Waals surface area contributed by atoms with Crippen LogP contribution in [0.5, 0.6) is 0 Å². The van der Waals surface area contributed by atoms with E-state index in [1.54, 1.807) is 18.3 Å². The Hall–Kier alpha value is -2.37. The highest BCUT2D eigenvalue weighted by Crippen LogP contribution is 1.98. The van der Waals surface area contributed by atoms with E-state index < -0.39 is 0 Å². The third kappa shape index (κ3) is 3.31. The lowest BCUT2D eigenvalue weighted by Crippen LogP contribution is -2.25. The summed E-state index contributed by atoms with van der Waals surface area (Å²) in [5.41, 5.74) is 6.73. The predicted molar refractivity (Wildman–Crippen MR) is 73.0 cm³/mol. The van der Waals surface area contributed by atoms with Crippen molar-refractivity contribution in [2.75, 3.05) is 5.73 Å². The number of aromatic nitrogens is 3. The van der Waals surface area contributed by atoms with Crippen molar-refractivity contribution in [3.8, 4) is 0 Å². The largest absolute Gasteiger partial charge is 0.398 e. The summed E-state index contributed by atoms with van der Waals surface area (Å²) < 4.78 is 2.95. The van der Waals surface area contributed by atoms with Crippen LogP contribution in [-0.4, -0.2) is 14.3 Å². The van der Waals surface area contributed by atoms with E-state index in [0.717, 1.165) is 5.69 Å². The molecule has 0 aliphatic heterocycles. The summed E-state index contributed by atoms with van der Waals surface area (Å²) in [5, 5.41) is 4.14. The third-order valence-corrected chi connectivity index (χ3v) is 2.78. The lowest BCUT2D eigenvalue weighted by molar-refractivity contribution is 0.498. The SMILES string of the molecule is Cc1ccc(=O)n(CCCn2cc(N)ccc2=O)n1.